The standard InChI is InChI=1S/C4H12N2.3C2H4O2.3Na/c1-2-6-4-3-5;3*1-2(3)4;;;/h6H,2-5H2,1H3;3*1H3,(H,3,4);;;/q;;;;3*+1/p-3. The van der Waals surface area contributed by atoms with Crippen LogP contribution in [0.4, 0.5) is 0 Å². The summed E-state index contributed by atoms with van der Waals surface area (Å²) >= 11 is 0. The second kappa shape index (κ2) is 42.9. The molecule has 0 radical (unpaired) electrons. The molecule has 11 heteroatoms. The zero-order valence-electron chi connectivity index (χ0n) is 14.1. The van der Waals surface area contributed by atoms with Crippen molar-refractivity contribution in [3.63, 3.8) is 0 Å². The predicted octanol–water partition coefficient (Wildman–Crippen LogP) is -13.2. The molecule has 0 aliphatic heterocycles. The number of carbonyl (C=O) groups is 3. The van der Waals surface area contributed by atoms with Crippen molar-refractivity contribution in [1.82, 2.24) is 5.32 Å². The molecule has 110 valence electrons. The van der Waals surface area contributed by atoms with E-state index in [9.17, 15) is 0 Å². The third kappa shape index (κ3) is 425. The number of carboxylic acid groups (broad SMARTS) is 3. The van der Waals surface area contributed by atoms with Crippen molar-refractivity contribution < 1.29 is 118 Å². The summed E-state index contributed by atoms with van der Waals surface area (Å²) in [5, 5.41) is 29.7. The van der Waals surface area contributed by atoms with E-state index in [0.29, 0.717) is 0 Å². The van der Waals surface area contributed by atoms with Crippen molar-refractivity contribution in [2.75, 3.05) is 19.6 Å². The van der Waals surface area contributed by atoms with Gasteiger partial charge in [0.2, 0.25) is 0 Å². The molecule has 0 saturated heterocycles. The Labute approximate surface area is 192 Å². The first kappa shape index (κ1) is 43.2. The fraction of sp³-hybridized carbons (Fsp3) is 0.700. The minimum Gasteiger partial charge on any atom is -0.550 e. The number of nitrogens with two attached hydrogens (primary N) is 1. The number of hydrogen-bond acceptors (Lipinski definition) is 8. The van der Waals surface area contributed by atoms with Gasteiger partial charge in [-0.3, -0.25) is 0 Å². The van der Waals surface area contributed by atoms with E-state index in [-0.39, 0.29) is 88.7 Å². The second-order valence-corrected chi connectivity index (χ2v) is 2.62. The molecule has 0 unspecified atom stereocenters. The third-order valence-electron chi connectivity index (χ3n) is 0.571. The predicted molar refractivity (Wildman–Crippen MR) is 59.6 cm³/mol. The summed E-state index contributed by atoms with van der Waals surface area (Å²) in [6.07, 6.45) is 0. The Morgan fingerprint density at radius 1 is 0.857 bits per heavy atom. The Balaban J connectivity index is -0.0000000242. The third-order valence-corrected chi connectivity index (χ3v) is 0.571. The smallest absolute Gasteiger partial charge is 0.550 e. The molecule has 0 aromatic carbocycles. The zero-order chi connectivity index (χ0) is 15.6. The van der Waals surface area contributed by atoms with Gasteiger partial charge < -0.3 is 40.8 Å². The minimum absolute atomic E-state index is 0. The summed E-state index contributed by atoms with van der Waals surface area (Å²) in [5.74, 6) is -3.25. The molecular weight excluding hydrogens is 313 g/mol. The molecule has 0 saturated carbocycles. The van der Waals surface area contributed by atoms with Crippen LogP contribution in [0, 0.1) is 0 Å². The molecule has 0 rings (SSSR count). The van der Waals surface area contributed by atoms with E-state index >= 15 is 0 Å². The van der Waals surface area contributed by atoms with Crippen molar-refractivity contribution in [2.45, 2.75) is 27.7 Å². The number of nitrogens with one attached hydrogen (secondary N) is 1. The van der Waals surface area contributed by atoms with Gasteiger partial charge >= 0.3 is 88.7 Å². The van der Waals surface area contributed by atoms with Crippen LogP contribution in [-0.2, 0) is 14.4 Å². The van der Waals surface area contributed by atoms with E-state index in [1.165, 1.54) is 0 Å². The summed E-state index contributed by atoms with van der Waals surface area (Å²) in [4.78, 5) is 26.7. The molecule has 0 aliphatic rings. The molecule has 0 atom stereocenters. The number of carbonyl (C=O) groups excluding carboxylic acids is 3. The first-order chi connectivity index (χ1) is 8.11. The Hall–Kier alpha value is 1.33. The van der Waals surface area contributed by atoms with Gasteiger partial charge in [-0.15, -0.1) is 0 Å². The second-order valence-electron chi connectivity index (χ2n) is 2.62. The van der Waals surface area contributed by atoms with Crippen LogP contribution in [0.2, 0.25) is 0 Å². The normalized spacial score (nSPS) is 6.14. The average molecular weight is 334 g/mol. The van der Waals surface area contributed by atoms with E-state index < -0.39 is 17.9 Å². The van der Waals surface area contributed by atoms with E-state index in [2.05, 4.69) is 12.2 Å². The van der Waals surface area contributed by atoms with Gasteiger partial charge in [0, 0.05) is 31.0 Å². The number of rotatable bonds is 3. The fourth-order valence-electron chi connectivity index (χ4n) is 0.279. The zero-order valence-corrected chi connectivity index (χ0v) is 20.1. The van der Waals surface area contributed by atoms with Crippen LogP contribution in [0.15, 0.2) is 0 Å². The van der Waals surface area contributed by atoms with Crippen molar-refractivity contribution in [3.05, 3.63) is 0 Å². The van der Waals surface area contributed by atoms with Gasteiger partial charge in [-0.25, -0.2) is 0 Å². The molecule has 0 spiro atoms. The molecular formula is C10H21N2Na3O6. The number of carboxylic acids is 3. The van der Waals surface area contributed by atoms with Crippen LogP contribution in [0.1, 0.15) is 27.7 Å². The Morgan fingerprint density at radius 3 is 1.10 bits per heavy atom. The monoisotopic (exact) mass is 334 g/mol. The van der Waals surface area contributed by atoms with Crippen LogP contribution in [0.5, 0.6) is 0 Å². The van der Waals surface area contributed by atoms with E-state index in [1.807, 2.05) is 0 Å². The van der Waals surface area contributed by atoms with Gasteiger partial charge in [0.05, 0.1) is 0 Å². The molecule has 21 heavy (non-hydrogen) atoms. The SMILES string of the molecule is CC(=O)[O-].CC(=O)[O-].CC(=O)[O-].CCNCCN.[Na+].[Na+].[Na+]. The molecule has 0 amide bonds. The van der Waals surface area contributed by atoms with Crippen molar-refractivity contribution in [3.8, 4) is 0 Å². The maximum atomic E-state index is 8.89. The largest absolute Gasteiger partial charge is 1.00 e. The first-order valence-corrected chi connectivity index (χ1v) is 5.05. The molecule has 0 fully saturated rings. The molecule has 8 nitrogen and oxygen atoms in total. The summed E-state index contributed by atoms with van der Waals surface area (Å²) in [6, 6.07) is 0. The molecule has 0 bridgehead atoms. The number of hydrogen-bond donors (Lipinski definition) is 2. The molecule has 3 N–H and O–H groups in total. The van der Waals surface area contributed by atoms with Gasteiger partial charge in [-0.2, -0.15) is 0 Å². The number of aliphatic carboxylic acids is 3. The van der Waals surface area contributed by atoms with Gasteiger partial charge in [-0.1, -0.05) is 6.92 Å². The quantitative estimate of drug-likeness (QED) is 0.380. The van der Waals surface area contributed by atoms with Crippen LogP contribution in [-0.4, -0.2) is 37.5 Å². The summed E-state index contributed by atoms with van der Waals surface area (Å²) in [5.41, 5.74) is 5.15. The summed E-state index contributed by atoms with van der Waals surface area (Å²) in [6.45, 7) is 7.69. The van der Waals surface area contributed by atoms with Gasteiger partial charge in [0.15, 0.2) is 0 Å². The van der Waals surface area contributed by atoms with Gasteiger partial charge in [-0.05, 0) is 27.3 Å². The summed E-state index contributed by atoms with van der Waals surface area (Å²) < 4.78 is 0. The van der Waals surface area contributed by atoms with Crippen molar-refractivity contribution >= 4 is 17.9 Å². The van der Waals surface area contributed by atoms with Crippen LogP contribution in [0.3, 0.4) is 0 Å². The number of likely N-dealkylation sites (N-methyl/N-ethyl adjacent to an activating group) is 1. The van der Waals surface area contributed by atoms with Gasteiger partial charge in [0.25, 0.3) is 0 Å². The Bertz CT molecular complexity index is 176. The van der Waals surface area contributed by atoms with E-state index in [0.717, 1.165) is 40.4 Å². The maximum absolute atomic E-state index is 8.89. The molecule has 0 aromatic rings. The van der Waals surface area contributed by atoms with Crippen LogP contribution in [0.25, 0.3) is 0 Å². The Kier molecular flexibility index (Phi) is 88.4. The van der Waals surface area contributed by atoms with Gasteiger partial charge in [0.1, 0.15) is 0 Å². The maximum Gasteiger partial charge on any atom is 1.00 e. The Morgan fingerprint density at radius 2 is 1.05 bits per heavy atom. The fourth-order valence-corrected chi connectivity index (χ4v) is 0.279. The van der Waals surface area contributed by atoms with Crippen LogP contribution >= 0.6 is 0 Å². The molecule has 0 aliphatic carbocycles. The van der Waals surface area contributed by atoms with Crippen molar-refractivity contribution in [1.29, 1.82) is 0 Å². The summed E-state index contributed by atoms with van der Waals surface area (Å²) in [7, 11) is 0. The van der Waals surface area contributed by atoms with Crippen LogP contribution < -0.4 is 115 Å². The minimum atomic E-state index is -1.08. The average Bonchev–Trinajstić information content (AvgIpc) is 2.11. The molecule has 0 heterocycles. The molecule has 0 aromatic heterocycles. The topological polar surface area (TPSA) is 158 Å². The first-order valence-electron chi connectivity index (χ1n) is 5.05. The van der Waals surface area contributed by atoms with Crippen molar-refractivity contribution in [2.24, 2.45) is 5.73 Å². The van der Waals surface area contributed by atoms with E-state index in [1.54, 1.807) is 0 Å². The van der Waals surface area contributed by atoms with E-state index in [4.69, 9.17) is 35.4 Å².